The van der Waals surface area contributed by atoms with Crippen molar-refractivity contribution in [2.45, 2.75) is 19.5 Å². The molecule has 1 aliphatic rings. The average Bonchev–Trinajstić information content (AvgIpc) is 2.61. The Bertz CT molecular complexity index is 833. The molecule has 0 bridgehead atoms. The van der Waals surface area contributed by atoms with Gasteiger partial charge in [-0.25, -0.2) is 4.98 Å². The Morgan fingerprint density at radius 2 is 2.15 bits per heavy atom. The van der Waals surface area contributed by atoms with E-state index in [0.717, 1.165) is 5.56 Å². The van der Waals surface area contributed by atoms with Gasteiger partial charge in [0.25, 0.3) is 5.56 Å². The number of H-pyrrole nitrogens is 1. The van der Waals surface area contributed by atoms with E-state index in [-0.39, 0.29) is 11.5 Å². The summed E-state index contributed by atoms with van der Waals surface area (Å²) in [6, 6.07) is 3.88. The maximum Gasteiger partial charge on any atom is 0.255 e. The molecule has 3 heterocycles. The fourth-order valence-electron chi connectivity index (χ4n) is 3.04. The molecule has 0 fully saturated rings. The number of hydrogen-bond acceptors (Lipinski definition) is 6. The Morgan fingerprint density at radius 3 is 2.85 bits per heavy atom. The molecule has 1 aliphatic heterocycles. The highest BCUT2D eigenvalue weighted by atomic mass is 16.2. The van der Waals surface area contributed by atoms with Crippen LogP contribution in [0.3, 0.4) is 0 Å². The van der Waals surface area contributed by atoms with E-state index in [1.807, 2.05) is 38.2 Å². The Morgan fingerprint density at radius 1 is 1.35 bits per heavy atom. The highest BCUT2D eigenvalue weighted by molar-refractivity contribution is 5.78. The summed E-state index contributed by atoms with van der Waals surface area (Å²) in [4.78, 5) is 41.7. The zero-order valence-corrected chi connectivity index (χ0v) is 15.4. The molecular weight excluding hydrogens is 332 g/mol. The van der Waals surface area contributed by atoms with Crippen LogP contribution in [0.5, 0.6) is 0 Å². The predicted octanol–water partition coefficient (Wildman–Crippen LogP) is 0.248. The summed E-state index contributed by atoms with van der Waals surface area (Å²) in [5, 5.41) is 0. The van der Waals surface area contributed by atoms with Gasteiger partial charge in [0, 0.05) is 45.1 Å². The van der Waals surface area contributed by atoms with E-state index in [1.165, 1.54) is 0 Å². The van der Waals surface area contributed by atoms with Crippen LogP contribution in [0.2, 0.25) is 0 Å². The van der Waals surface area contributed by atoms with Crippen molar-refractivity contribution in [2.75, 3.05) is 39.1 Å². The second-order valence-electron chi connectivity index (χ2n) is 6.81. The first kappa shape index (κ1) is 18.1. The summed E-state index contributed by atoms with van der Waals surface area (Å²) < 4.78 is 0. The third-order valence-electron chi connectivity index (χ3n) is 4.42. The summed E-state index contributed by atoms with van der Waals surface area (Å²) in [6.07, 6.45) is 4.07. The third kappa shape index (κ3) is 4.08. The van der Waals surface area contributed by atoms with Gasteiger partial charge in [-0.15, -0.1) is 0 Å². The number of anilines is 1. The predicted molar refractivity (Wildman–Crippen MR) is 98.9 cm³/mol. The molecule has 0 spiro atoms. The molecular formula is C18H24N6O2. The van der Waals surface area contributed by atoms with Crippen LogP contribution in [0.4, 0.5) is 5.95 Å². The molecule has 0 saturated heterocycles. The zero-order chi connectivity index (χ0) is 18.7. The van der Waals surface area contributed by atoms with Crippen LogP contribution < -0.4 is 10.5 Å². The maximum atomic E-state index is 12.7. The fourth-order valence-corrected chi connectivity index (χ4v) is 3.04. The number of nitrogens with zero attached hydrogens (tertiary/aromatic N) is 5. The van der Waals surface area contributed by atoms with Crippen LogP contribution in [0.15, 0.2) is 29.3 Å². The van der Waals surface area contributed by atoms with Gasteiger partial charge >= 0.3 is 0 Å². The molecule has 138 valence electrons. The number of pyridine rings is 1. The van der Waals surface area contributed by atoms with Crippen LogP contribution in [0.1, 0.15) is 16.8 Å². The quantitative estimate of drug-likeness (QED) is 0.826. The summed E-state index contributed by atoms with van der Waals surface area (Å²) >= 11 is 0. The van der Waals surface area contributed by atoms with E-state index in [4.69, 9.17) is 0 Å². The zero-order valence-electron chi connectivity index (χ0n) is 15.4. The van der Waals surface area contributed by atoms with E-state index in [1.54, 1.807) is 22.2 Å². The lowest BCUT2D eigenvalue weighted by Gasteiger charge is -2.30. The van der Waals surface area contributed by atoms with Crippen molar-refractivity contribution in [1.29, 1.82) is 0 Å². The first-order valence-electron chi connectivity index (χ1n) is 8.58. The molecule has 8 nitrogen and oxygen atoms in total. The fraction of sp³-hybridized carbons (Fsp3) is 0.444. The number of carbonyl (C=O) groups is 1. The number of nitrogens with one attached hydrogen (secondary N) is 1. The minimum Gasteiger partial charge on any atom is -0.348 e. The molecule has 0 radical (unpaired) electrons. The number of likely N-dealkylation sites (N-methyl/N-ethyl adjacent to an activating group) is 1. The summed E-state index contributed by atoms with van der Waals surface area (Å²) in [7, 11) is 5.56. The molecule has 2 aromatic rings. The summed E-state index contributed by atoms with van der Waals surface area (Å²) in [5.74, 6) is 0.548. The lowest BCUT2D eigenvalue weighted by atomic mass is 10.1. The summed E-state index contributed by atoms with van der Waals surface area (Å²) in [6.45, 7) is 1.89. The minimum absolute atomic E-state index is 0.0375. The van der Waals surface area contributed by atoms with Gasteiger partial charge in [0.1, 0.15) is 0 Å². The first-order valence-corrected chi connectivity index (χ1v) is 8.58. The maximum absolute atomic E-state index is 12.7. The Labute approximate surface area is 152 Å². The molecule has 0 atom stereocenters. The standard InChI is InChI=1S/C18H24N6O2/c1-22(2)18-20-15-11-24(8-6-14(15)17(26)21-18)16(25)12-23(3)10-13-5-4-7-19-9-13/h4-5,7,9H,6,8,10-12H2,1-3H3,(H,20,21,26). The van der Waals surface area contributed by atoms with Crippen LogP contribution in [0.25, 0.3) is 0 Å². The van der Waals surface area contributed by atoms with Crippen molar-refractivity contribution in [1.82, 2.24) is 24.8 Å². The van der Waals surface area contributed by atoms with Gasteiger partial charge < -0.3 is 9.80 Å². The van der Waals surface area contributed by atoms with Crippen molar-refractivity contribution >= 4 is 11.9 Å². The Balaban J connectivity index is 1.66. The number of amides is 1. The van der Waals surface area contributed by atoms with Crippen molar-refractivity contribution < 1.29 is 4.79 Å². The number of rotatable bonds is 5. The van der Waals surface area contributed by atoms with Gasteiger partial charge in [0.15, 0.2) is 0 Å². The van der Waals surface area contributed by atoms with Gasteiger partial charge in [-0.1, -0.05) is 6.07 Å². The van der Waals surface area contributed by atoms with E-state index in [2.05, 4.69) is 15.0 Å². The molecule has 26 heavy (non-hydrogen) atoms. The number of fused-ring (bicyclic) bond motifs is 1. The number of aromatic nitrogens is 3. The average molecular weight is 356 g/mol. The van der Waals surface area contributed by atoms with Crippen LogP contribution in [-0.4, -0.2) is 64.9 Å². The van der Waals surface area contributed by atoms with Gasteiger partial charge in [-0.05, 0) is 25.1 Å². The molecule has 1 N–H and O–H groups in total. The topological polar surface area (TPSA) is 85.4 Å². The third-order valence-corrected chi connectivity index (χ3v) is 4.42. The number of carbonyl (C=O) groups excluding carboxylic acids is 1. The molecule has 8 heteroatoms. The molecule has 0 saturated carbocycles. The lowest BCUT2D eigenvalue weighted by molar-refractivity contribution is -0.133. The number of aromatic amines is 1. The lowest BCUT2D eigenvalue weighted by Crippen LogP contribution is -2.43. The second kappa shape index (κ2) is 7.65. The van der Waals surface area contributed by atoms with E-state index in [0.29, 0.717) is 49.8 Å². The van der Waals surface area contributed by atoms with Crippen LogP contribution in [0, 0.1) is 0 Å². The molecule has 0 unspecified atom stereocenters. The minimum atomic E-state index is -0.112. The number of hydrogen-bond donors (Lipinski definition) is 1. The summed E-state index contributed by atoms with van der Waals surface area (Å²) in [5.41, 5.74) is 2.32. The Hall–Kier alpha value is -2.74. The smallest absolute Gasteiger partial charge is 0.255 e. The monoisotopic (exact) mass is 356 g/mol. The first-order chi connectivity index (χ1) is 12.4. The van der Waals surface area contributed by atoms with Crippen molar-refractivity contribution in [3.05, 3.63) is 51.7 Å². The van der Waals surface area contributed by atoms with E-state index in [9.17, 15) is 9.59 Å². The molecule has 2 aromatic heterocycles. The van der Waals surface area contributed by atoms with Gasteiger partial charge in [0.05, 0.1) is 18.8 Å². The highest BCUT2D eigenvalue weighted by Gasteiger charge is 2.25. The van der Waals surface area contributed by atoms with Gasteiger partial charge in [0.2, 0.25) is 11.9 Å². The Kier molecular flexibility index (Phi) is 5.32. The van der Waals surface area contributed by atoms with Gasteiger partial charge in [-0.3, -0.25) is 24.5 Å². The van der Waals surface area contributed by atoms with Crippen LogP contribution in [-0.2, 0) is 24.3 Å². The molecule has 0 aliphatic carbocycles. The SMILES string of the molecule is CN(CC(=O)N1CCc2c(nc(N(C)C)[nH]c2=O)C1)Cc1cccnc1. The molecule has 0 aromatic carbocycles. The van der Waals surface area contributed by atoms with Crippen LogP contribution >= 0.6 is 0 Å². The van der Waals surface area contributed by atoms with Crippen molar-refractivity contribution in [3.63, 3.8) is 0 Å². The normalized spacial score (nSPS) is 13.6. The molecule has 1 amide bonds. The van der Waals surface area contributed by atoms with Crippen molar-refractivity contribution in [2.24, 2.45) is 0 Å². The molecule has 3 rings (SSSR count). The van der Waals surface area contributed by atoms with Crippen molar-refractivity contribution in [3.8, 4) is 0 Å². The van der Waals surface area contributed by atoms with Gasteiger partial charge in [-0.2, -0.15) is 0 Å². The van der Waals surface area contributed by atoms with E-state index >= 15 is 0 Å². The van der Waals surface area contributed by atoms with E-state index < -0.39 is 0 Å². The largest absolute Gasteiger partial charge is 0.348 e. The second-order valence-corrected chi connectivity index (χ2v) is 6.81. The highest BCUT2D eigenvalue weighted by Crippen LogP contribution is 2.16.